The second kappa shape index (κ2) is 4.93. The molecule has 3 N–H and O–H groups in total. The standard InChI is InChI=1S/C9H12ClNO3S.CH4/c1-5(2)15(13,14)9-6(10)3-4-7(11)8(9)12;/h3-5,12H,11H2,1-2H3;1H4. The summed E-state index contributed by atoms with van der Waals surface area (Å²) in [6.07, 6.45) is 0. The highest BCUT2D eigenvalue weighted by molar-refractivity contribution is 7.92. The van der Waals surface area contributed by atoms with Crippen molar-refractivity contribution in [3.8, 4) is 5.75 Å². The van der Waals surface area contributed by atoms with Crippen LogP contribution in [0.3, 0.4) is 0 Å². The van der Waals surface area contributed by atoms with E-state index in [1.807, 2.05) is 0 Å². The lowest BCUT2D eigenvalue weighted by Gasteiger charge is -2.12. The molecule has 0 amide bonds. The van der Waals surface area contributed by atoms with Crippen molar-refractivity contribution in [1.29, 1.82) is 0 Å². The van der Waals surface area contributed by atoms with Gasteiger partial charge in [0.25, 0.3) is 0 Å². The fraction of sp³-hybridized carbons (Fsp3) is 0.400. The van der Waals surface area contributed by atoms with Crippen LogP contribution < -0.4 is 5.73 Å². The van der Waals surface area contributed by atoms with E-state index < -0.39 is 20.8 Å². The Labute approximate surface area is 101 Å². The van der Waals surface area contributed by atoms with E-state index >= 15 is 0 Å². The smallest absolute Gasteiger partial charge is 0.185 e. The number of rotatable bonds is 2. The van der Waals surface area contributed by atoms with Crippen molar-refractivity contribution in [2.45, 2.75) is 31.4 Å². The first kappa shape index (κ1) is 15.1. The van der Waals surface area contributed by atoms with E-state index in [0.717, 1.165) is 0 Å². The number of hydrogen-bond acceptors (Lipinski definition) is 4. The van der Waals surface area contributed by atoms with Gasteiger partial charge in [-0.15, -0.1) is 0 Å². The van der Waals surface area contributed by atoms with E-state index in [9.17, 15) is 13.5 Å². The van der Waals surface area contributed by atoms with Gasteiger partial charge < -0.3 is 10.8 Å². The first-order chi connectivity index (χ1) is 6.78. The van der Waals surface area contributed by atoms with Gasteiger partial charge in [-0.3, -0.25) is 0 Å². The van der Waals surface area contributed by atoms with Crippen LogP contribution in [0, 0.1) is 0 Å². The van der Waals surface area contributed by atoms with Crippen LogP contribution in [0.15, 0.2) is 17.0 Å². The molecule has 0 radical (unpaired) electrons. The van der Waals surface area contributed by atoms with Crippen LogP contribution >= 0.6 is 11.6 Å². The highest BCUT2D eigenvalue weighted by Gasteiger charge is 2.27. The van der Waals surface area contributed by atoms with Crippen LogP contribution in [0.2, 0.25) is 5.02 Å². The Hall–Kier alpha value is -0.940. The van der Waals surface area contributed by atoms with E-state index in [2.05, 4.69) is 0 Å². The molecule has 1 aromatic carbocycles. The van der Waals surface area contributed by atoms with Gasteiger partial charge in [-0.2, -0.15) is 0 Å². The number of sulfone groups is 1. The summed E-state index contributed by atoms with van der Waals surface area (Å²) in [4.78, 5) is -0.292. The van der Waals surface area contributed by atoms with Gasteiger partial charge >= 0.3 is 0 Å². The number of aromatic hydroxyl groups is 1. The van der Waals surface area contributed by atoms with Crippen LogP contribution in [0.1, 0.15) is 21.3 Å². The highest BCUT2D eigenvalue weighted by atomic mass is 35.5. The minimum atomic E-state index is -3.62. The van der Waals surface area contributed by atoms with Gasteiger partial charge in [0.1, 0.15) is 4.90 Å². The molecule has 0 spiro atoms. The molecule has 1 aromatic rings. The first-order valence-corrected chi connectivity index (χ1v) is 6.21. The van der Waals surface area contributed by atoms with Gasteiger partial charge in [0.2, 0.25) is 0 Å². The van der Waals surface area contributed by atoms with Crippen molar-refractivity contribution in [3.63, 3.8) is 0 Å². The molecule has 0 fully saturated rings. The summed E-state index contributed by atoms with van der Waals surface area (Å²) in [5.74, 6) is -0.476. The van der Waals surface area contributed by atoms with Gasteiger partial charge in [0, 0.05) is 0 Å². The summed E-state index contributed by atoms with van der Waals surface area (Å²) in [5, 5.41) is 8.89. The van der Waals surface area contributed by atoms with Gasteiger partial charge in [0.15, 0.2) is 15.6 Å². The van der Waals surface area contributed by atoms with Crippen molar-refractivity contribution in [2.24, 2.45) is 0 Å². The van der Waals surface area contributed by atoms with E-state index in [-0.39, 0.29) is 23.0 Å². The first-order valence-electron chi connectivity index (χ1n) is 4.29. The largest absolute Gasteiger partial charge is 0.504 e. The Morgan fingerprint density at radius 3 is 2.31 bits per heavy atom. The summed E-state index contributed by atoms with van der Waals surface area (Å²) in [6, 6.07) is 2.71. The molecule has 0 atom stereocenters. The zero-order chi connectivity index (χ0) is 11.8. The molecule has 0 aromatic heterocycles. The van der Waals surface area contributed by atoms with Crippen molar-refractivity contribution in [1.82, 2.24) is 0 Å². The Balaban J connectivity index is 0.00000225. The third-order valence-corrected chi connectivity index (χ3v) is 4.67. The maximum atomic E-state index is 11.8. The lowest BCUT2D eigenvalue weighted by molar-refractivity contribution is 0.461. The molecule has 0 heterocycles. The molecule has 0 saturated heterocycles. The highest BCUT2D eigenvalue weighted by Crippen LogP contribution is 2.36. The third-order valence-electron chi connectivity index (χ3n) is 2.02. The quantitative estimate of drug-likeness (QED) is 0.636. The summed E-state index contributed by atoms with van der Waals surface area (Å²) in [6.45, 7) is 3.02. The normalized spacial score (nSPS) is 11.2. The second-order valence-corrected chi connectivity index (χ2v) is 6.26. The molecule has 92 valence electrons. The fourth-order valence-corrected chi connectivity index (χ4v) is 2.74. The predicted molar refractivity (Wildman–Crippen MR) is 66.6 cm³/mol. The van der Waals surface area contributed by atoms with Crippen LogP contribution in [-0.2, 0) is 9.84 Å². The summed E-state index contributed by atoms with van der Waals surface area (Å²) >= 11 is 5.74. The van der Waals surface area contributed by atoms with E-state index in [4.69, 9.17) is 17.3 Å². The Morgan fingerprint density at radius 1 is 1.38 bits per heavy atom. The zero-order valence-corrected chi connectivity index (χ0v) is 9.93. The molecule has 16 heavy (non-hydrogen) atoms. The van der Waals surface area contributed by atoms with Crippen molar-refractivity contribution < 1.29 is 13.5 Å². The minimum Gasteiger partial charge on any atom is -0.504 e. The van der Waals surface area contributed by atoms with Crippen LogP contribution in [0.5, 0.6) is 5.75 Å². The molecule has 0 aliphatic heterocycles. The lowest BCUT2D eigenvalue weighted by Crippen LogP contribution is -2.15. The van der Waals surface area contributed by atoms with Gasteiger partial charge in [-0.05, 0) is 26.0 Å². The molecule has 0 unspecified atom stereocenters. The molecule has 1 rings (SSSR count). The fourth-order valence-electron chi connectivity index (χ4n) is 1.07. The topological polar surface area (TPSA) is 80.4 Å². The van der Waals surface area contributed by atoms with E-state index in [0.29, 0.717) is 0 Å². The van der Waals surface area contributed by atoms with Crippen molar-refractivity contribution in [3.05, 3.63) is 17.2 Å². The predicted octanol–water partition coefficient (Wildman–Crippen LogP) is 2.45. The van der Waals surface area contributed by atoms with Crippen LogP contribution in [0.4, 0.5) is 5.69 Å². The third kappa shape index (κ3) is 2.41. The maximum absolute atomic E-state index is 11.8. The Morgan fingerprint density at radius 2 is 1.88 bits per heavy atom. The number of nitrogens with two attached hydrogens (primary N) is 1. The Bertz CT molecular complexity index is 483. The number of hydrogen-bond donors (Lipinski definition) is 2. The monoisotopic (exact) mass is 265 g/mol. The average Bonchev–Trinajstić information content (AvgIpc) is 2.11. The number of phenolic OH excluding ortho intramolecular Hbond substituents is 1. The zero-order valence-electron chi connectivity index (χ0n) is 8.36. The van der Waals surface area contributed by atoms with Crippen molar-refractivity contribution >= 4 is 27.1 Å². The number of nitrogen functional groups attached to an aromatic ring is 1. The number of anilines is 1. The van der Waals surface area contributed by atoms with Crippen molar-refractivity contribution in [2.75, 3.05) is 5.73 Å². The molecular formula is C10H16ClNO3S. The van der Waals surface area contributed by atoms with E-state index in [1.54, 1.807) is 0 Å². The number of phenols is 1. The SMILES string of the molecule is C.CC(C)S(=O)(=O)c1c(Cl)ccc(N)c1O. The maximum Gasteiger partial charge on any atom is 0.185 e. The summed E-state index contributed by atoms with van der Waals surface area (Å²) < 4.78 is 23.7. The molecule has 0 aliphatic carbocycles. The Kier molecular flexibility index (Phi) is 4.64. The van der Waals surface area contributed by atoms with Gasteiger partial charge in [-0.1, -0.05) is 19.0 Å². The average molecular weight is 266 g/mol. The van der Waals surface area contributed by atoms with Gasteiger partial charge in [-0.25, -0.2) is 8.42 Å². The van der Waals surface area contributed by atoms with E-state index in [1.165, 1.54) is 26.0 Å². The summed E-state index contributed by atoms with van der Waals surface area (Å²) in [7, 11) is -3.62. The summed E-state index contributed by atoms with van der Waals surface area (Å²) in [5.41, 5.74) is 5.41. The number of halogens is 1. The molecule has 0 aliphatic rings. The molecule has 0 saturated carbocycles. The van der Waals surface area contributed by atoms with Crippen LogP contribution in [0.25, 0.3) is 0 Å². The molecule has 4 nitrogen and oxygen atoms in total. The molecular weight excluding hydrogens is 250 g/mol. The second-order valence-electron chi connectivity index (χ2n) is 3.41. The minimum absolute atomic E-state index is 0. The number of benzene rings is 1. The molecule has 0 bridgehead atoms. The molecule has 6 heteroatoms. The van der Waals surface area contributed by atoms with Crippen LogP contribution in [-0.4, -0.2) is 18.8 Å². The van der Waals surface area contributed by atoms with Gasteiger partial charge in [0.05, 0.1) is 16.0 Å². The lowest BCUT2D eigenvalue weighted by atomic mass is 10.3.